The summed E-state index contributed by atoms with van der Waals surface area (Å²) in [6.45, 7) is 2.33. The van der Waals surface area contributed by atoms with Gasteiger partial charge in [0, 0.05) is 10.7 Å². The highest BCUT2D eigenvalue weighted by atomic mass is 79.9. The summed E-state index contributed by atoms with van der Waals surface area (Å²) in [7, 11) is 0. The van der Waals surface area contributed by atoms with Crippen molar-refractivity contribution in [3.8, 4) is 0 Å². The van der Waals surface area contributed by atoms with E-state index in [1.165, 1.54) is 0 Å². The highest BCUT2D eigenvalue weighted by Crippen LogP contribution is 2.32. The lowest BCUT2D eigenvalue weighted by atomic mass is 10.1. The van der Waals surface area contributed by atoms with Crippen LogP contribution in [0.4, 0.5) is 16.6 Å². The SMILES string of the molecule is C[C@H](Nc1nccc(N2C(=O)OCC2c2ccccc2)n1)c1ccc(Br)cc1. The van der Waals surface area contributed by atoms with Gasteiger partial charge in [-0.15, -0.1) is 0 Å². The average Bonchev–Trinajstić information content (AvgIpc) is 3.11. The fourth-order valence-corrected chi connectivity index (χ4v) is 3.44. The minimum absolute atomic E-state index is 0.0128. The molecule has 1 fully saturated rings. The Morgan fingerprint density at radius 1 is 1.14 bits per heavy atom. The number of nitrogens with zero attached hydrogens (tertiary/aromatic N) is 3. The second-order valence-corrected chi connectivity index (χ2v) is 7.45. The van der Waals surface area contributed by atoms with E-state index in [0.717, 1.165) is 15.6 Å². The Morgan fingerprint density at radius 2 is 1.89 bits per heavy atom. The maximum Gasteiger partial charge on any atom is 0.416 e. The van der Waals surface area contributed by atoms with Crippen LogP contribution in [0.15, 0.2) is 71.3 Å². The van der Waals surface area contributed by atoms with Crippen molar-refractivity contribution in [2.45, 2.75) is 19.0 Å². The van der Waals surface area contributed by atoms with E-state index in [1.807, 2.05) is 61.5 Å². The number of cyclic esters (lactones) is 1. The Bertz CT molecular complexity index is 966. The molecule has 7 heteroatoms. The van der Waals surface area contributed by atoms with Crippen LogP contribution >= 0.6 is 15.9 Å². The summed E-state index contributed by atoms with van der Waals surface area (Å²) in [5.41, 5.74) is 2.12. The van der Waals surface area contributed by atoms with Crippen molar-refractivity contribution in [1.82, 2.24) is 9.97 Å². The van der Waals surface area contributed by atoms with E-state index in [4.69, 9.17) is 4.74 Å². The third-order valence-electron chi connectivity index (χ3n) is 4.66. The van der Waals surface area contributed by atoms with Crippen LogP contribution < -0.4 is 10.2 Å². The largest absolute Gasteiger partial charge is 0.447 e. The average molecular weight is 439 g/mol. The highest BCUT2D eigenvalue weighted by molar-refractivity contribution is 9.10. The highest BCUT2D eigenvalue weighted by Gasteiger charge is 2.36. The molecule has 1 aliphatic heterocycles. The second-order valence-electron chi connectivity index (χ2n) is 6.53. The van der Waals surface area contributed by atoms with E-state index >= 15 is 0 Å². The molecule has 0 radical (unpaired) electrons. The van der Waals surface area contributed by atoms with Crippen LogP contribution in [-0.2, 0) is 4.74 Å². The van der Waals surface area contributed by atoms with Crippen LogP contribution in [0, 0.1) is 0 Å². The zero-order chi connectivity index (χ0) is 19.5. The molecular formula is C21H19BrN4O2. The first-order valence-electron chi connectivity index (χ1n) is 8.98. The zero-order valence-electron chi connectivity index (χ0n) is 15.2. The first-order valence-corrected chi connectivity index (χ1v) is 9.77. The van der Waals surface area contributed by atoms with Gasteiger partial charge in [0.15, 0.2) is 0 Å². The molecule has 1 aliphatic rings. The molecule has 1 saturated heterocycles. The molecule has 0 saturated carbocycles. The zero-order valence-corrected chi connectivity index (χ0v) is 16.8. The summed E-state index contributed by atoms with van der Waals surface area (Å²) < 4.78 is 6.32. The number of amides is 1. The minimum Gasteiger partial charge on any atom is -0.447 e. The van der Waals surface area contributed by atoms with Gasteiger partial charge >= 0.3 is 6.09 Å². The number of anilines is 2. The van der Waals surface area contributed by atoms with E-state index in [2.05, 4.69) is 31.2 Å². The monoisotopic (exact) mass is 438 g/mol. The van der Waals surface area contributed by atoms with Gasteiger partial charge in [0.2, 0.25) is 5.95 Å². The molecule has 0 spiro atoms. The molecule has 1 aromatic heterocycles. The molecule has 28 heavy (non-hydrogen) atoms. The van der Waals surface area contributed by atoms with E-state index in [-0.39, 0.29) is 12.1 Å². The van der Waals surface area contributed by atoms with Crippen molar-refractivity contribution in [2.75, 3.05) is 16.8 Å². The fourth-order valence-electron chi connectivity index (χ4n) is 3.18. The Balaban J connectivity index is 1.57. The molecule has 1 N–H and O–H groups in total. The number of rotatable bonds is 5. The number of halogens is 1. The van der Waals surface area contributed by atoms with Gasteiger partial charge in [0.1, 0.15) is 18.5 Å². The third kappa shape index (κ3) is 3.84. The number of nitrogens with one attached hydrogen (secondary N) is 1. The van der Waals surface area contributed by atoms with E-state index in [1.54, 1.807) is 17.2 Å². The van der Waals surface area contributed by atoms with Gasteiger partial charge in [-0.25, -0.2) is 9.78 Å². The molecule has 2 atom stereocenters. The molecular weight excluding hydrogens is 420 g/mol. The summed E-state index contributed by atoms with van der Waals surface area (Å²) >= 11 is 3.44. The van der Waals surface area contributed by atoms with Crippen LogP contribution in [0.2, 0.25) is 0 Å². The molecule has 3 aromatic rings. The predicted octanol–water partition coefficient (Wildman–Crippen LogP) is 5.11. The third-order valence-corrected chi connectivity index (χ3v) is 5.19. The van der Waals surface area contributed by atoms with Crippen LogP contribution in [0.5, 0.6) is 0 Å². The molecule has 142 valence electrons. The molecule has 1 unspecified atom stereocenters. The molecule has 6 nitrogen and oxygen atoms in total. The molecule has 4 rings (SSSR count). The standard InChI is InChI=1S/C21H19BrN4O2/c1-14(15-7-9-17(22)10-8-15)24-20-23-12-11-19(25-20)26-18(13-28-21(26)27)16-5-3-2-4-6-16/h2-12,14,18H,13H2,1H3,(H,23,24,25)/t14-,18?/m0/s1. The van der Waals surface area contributed by atoms with Crippen molar-refractivity contribution in [3.05, 3.63) is 82.5 Å². The molecule has 0 aliphatic carbocycles. The smallest absolute Gasteiger partial charge is 0.416 e. The van der Waals surface area contributed by atoms with Crippen LogP contribution in [0.1, 0.15) is 30.1 Å². The van der Waals surface area contributed by atoms with Crippen molar-refractivity contribution in [3.63, 3.8) is 0 Å². The Morgan fingerprint density at radius 3 is 2.64 bits per heavy atom. The van der Waals surface area contributed by atoms with Gasteiger partial charge < -0.3 is 10.1 Å². The Labute approximate surface area is 171 Å². The van der Waals surface area contributed by atoms with Crippen molar-refractivity contribution >= 4 is 33.8 Å². The number of aromatic nitrogens is 2. The predicted molar refractivity (Wildman–Crippen MR) is 111 cm³/mol. The topological polar surface area (TPSA) is 67.4 Å². The Hall–Kier alpha value is -2.93. The summed E-state index contributed by atoms with van der Waals surface area (Å²) in [4.78, 5) is 22.8. The summed E-state index contributed by atoms with van der Waals surface area (Å²) in [5, 5.41) is 3.29. The lowest BCUT2D eigenvalue weighted by Gasteiger charge is -2.21. The first kappa shape index (κ1) is 18.4. The lowest BCUT2D eigenvalue weighted by molar-refractivity contribution is 0.179. The quantitative estimate of drug-likeness (QED) is 0.599. The minimum atomic E-state index is -0.403. The van der Waals surface area contributed by atoms with Gasteiger partial charge in [-0.1, -0.05) is 58.4 Å². The maximum absolute atomic E-state index is 12.4. The summed E-state index contributed by atoms with van der Waals surface area (Å²) in [6.07, 6.45) is 1.24. The number of benzene rings is 2. The molecule has 2 aromatic carbocycles. The molecule has 1 amide bonds. The lowest BCUT2D eigenvalue weighted by Crippen LogP contribution is -2.28. The number of hydrogen-bond acceptors (Lipinski definition) is 5. The number of hydrogen-bond donors (Lipinski definition) is 1. The molecule has 0 bridgehead atoms. The normalized spacial score (nSPS) is 17.3. The van der Waals surface area contributed by atoms with Crippen LogP contribution in [0.25, 0.3) is 0 Å². The van der Waals surface area contributed by atoms with Crippen molar-refractivity contribution < 1.29 is 9.53 Å². The summed E-state index contributed by atoms with van der Waals surface area (Å²) in [5.74, 6) is 0.969. The van der Waals surface area contributed by atoms with E-state index in [0.29, 0.717) is 18.4 Å². The Kier molecular flexibility index (Phi) is 5.25. The summed E-state index contributed by atoms with van der Waals surface area (Å²) in [6, 6.07) is 19.4. The van der Waals surface area contributed by atoms with Gasteiger partial charge in [0.05, 0.1) is 6.04 Å². The number of carbonyl (C=O) groups excluding carboxylic acids is 1. The van der Waals surface area contributed by atoms with E-state index in [9.17, 15) is 4.79 Å². The van der Waals surface area contributed by atoms with Crippen molar-refractivity contribution in [2.24, 2.45) is 0 Å². The number of carbonyl (C=O) groups is 1. The van der Waals surface area contributed by atoms with Crippen molar-refractivity contribution in [1.29, 1.82) is 0 Å². The first-order chi connectivity index (χ1) is 13.6. The van der Waals surface area contributed by atoms with E-state index < -0.39 is 6.09 Å². The fraction of sp³-hybridized carbons (Fsp3) is 0.190. The second kappa shape index (κ2) is 7.98. The number of ether oxygens (including phenoxy) is 1. The maximum atomic E-state index is 12.4. The van der Waals surface area contributed by atoms with Crippen LogP contribution in [-0.4, -0.2) is 22.7 Å². The van der Waals surface area contributed by atoms with Gasteiger partial charge in [0.25, 0.3) is 0 Å². The molecule has 2 heterocycles. The van der Waals surface area contributed by atoms with Gasteiger partial charge in [-0.3, -0.25) is 4.90 Å². The van der Waals surface area contributed by atoms with Gasteiger partial charge in [-0.2, -0.15) is 4.98 Å². The van der Waals surface area contributed by atoms with Crippen LogP contribution in [0.3, 0.4) is 0 Å². The van der Waals surface area contributed by atoms with Gasteiger partial charge in [-0.05, 0) is 36.2 Å².